The molecule has 0 amide bonds. The molecule has 7 nitrogen and oxygen atoms in total. The summed E-state index contributed by atoms with van der Waals surface area (Å²) in [6.07, 6.45) is 0.934. The van der Waals surface area contributed by atoms with Crippen molar-refractivity contribution < 1.29 is 19.2 Å². The largest absolute Gasteiger partial charge is 0.478 e. The lowest BCUT2D eigenvalue weighted by Crippen LogP contribution is -2.07. The van der Waals surface area contributed by atoms with E-state index in [0.717, 1.165) is 12.3 Å². The maximum atomic E-state index is 13.2. The number of aromatic nitrogens is 1. The van der Waals surface area contributed by atoms with Gasteiger partial charge in [0.05, 0.1) is 4.92 Å². The zero-order valence-corrected chi connectivity index (χ0v) is 10.8. The molecule has 108 valence electrons. The number of benzene rings is 1. The highest BCUT2D eigenvalue weighted by Gasteiger charge is 2.18. The maximum Gasteiger partial charge on any atom is 0.339 e. The van der Waals surface area contributed by atoms with Gasteiger partial charge in [-0.2, -0.15) is 0 Å². The third-order valence-corrected chi connectivity index (χ3v) is 2.77. The number of aryl methyl sites for hydroxylation is 1. The molecule has 0 fully saturated rings. The summed E-state index contributed by atoms with van der Waals surface area (Å²) < 4.78 is 13.2. The third kappa shape index (κ3) is 3.11. The first-order valence-electron chi connectivity index (χ1n) is 5.79. The highest BCUT2D eigenvalue weighted by molar-refractivity contribution is 5.94. The van der Waals surface area contributed by atoms with E-state index < -0.39 is 22.4 Å². The van der Waals surface area contributed by atoms with Crippen molar-refractivity contribution in [3.63, 3.8) is 0 Å². The Kier molecular flexibility index (Phi) is 3.79. The van der Waals surface area contributed by atoms with Crippen molar-refractivity contribution in [1.82, 2.24) is 4.98 Å². The number of hydrogen-bond donors (Lipinski definition) is 2. The number of anilines is 2. The molecule has 0 unspecified atom stereocenters. The van der Waals surface area contributed by atoms with Crippen LogP contribution in [-0.2, 0) is 0 Å². The van der Waals surface area contributed by atoms with Gasteiger partial charge >= 0.3 is 5.97 Å². The highest BCUT2D eigenvalue weighted by atomic mass is 19.1. The molecule has 0 atom stereocenters. The van der Waals surface area contributed by atoms with Crippen LogP contribution in [-0.4, -0.2) is 21.0 Å². The number of carboxylic acids is 1. The minimum atomic E-state index is -1.37. The zero-order chi connectivity index (χ0) is 15.6. The van der Waals surface area contributed by atoms with Crippen molar-refractivity contribution in [2.75, 3.05) is 5.32 Å². The fraction of sp³-hybridized carbons (Fsp3) is 0.0769. The minimum absolute atomic E-state index is 0.0956. The number of hydrogen-bond acceptors (Lipinski definition) is 5. The maximum absolute atomic E-state index is 13.2. The summed E-state index contributed by atoms with van der Waals surface area (Å²) in [7, 11) is 0. The van der Waals surface area contributed by atoms with Gasteiger partial charge in [-0.15, -0.1) is 0 Å². The van der Waals surface area contributed by atoms with Crippen molar-refractivity contribution >= 4 is 23.2 Å². The van der Waals surface area contributed by atoms with Gasteiger partial charge in [0.1, 0.15) is 23.4 Å². The van der Waals surface area contributed by atoms with Gasteiger partial charge < -0.3 is 10.4 Å². The fourth-order valence-corrected chi connectivity index (χ4v) is 1.67. The van der Waals surface area contributed by atoms with Gasteiger partial charge in [0.25, 0.3) is 5.69 Å². The number of nitro groups is 1. The lowest BCUT2D eigenvalue weighted by Gasteiger charge is -2.10. The van der Waals surface area contributed by atoms with Crippen LogP contribution in [0, 0.1) is 22.9 Å². The van der Waals surface area contributed by atoms with Crippen LogP contribution in [0.3, 0.4) is 0 Å². The van der Waals surface area contributed by atoms with Crippen LogP contribution in [0.15, 0.2) is 30.5 Å². The molecule has 0 spiro atoms. The third-order valence-electron chi connectivity index (χ3n) is 2.77. The molecule has 0 saturated carbocycles. The second-order valence-electron chi connectivity index (χ2n) is 4.24. The first kappa shape index (κ1) is 14.4. The van der Waals surface area contributed by atoms with Crippen LogP contribution in [0.5, 0.6) is 0 Å². The summed E-state index contributed by atoms with van der Waals surface area (Å²) in [5, 5.41) is 22.4. The molecule has 0 aliphatic rings. The SMILES string of the molecule is Cc1ccc(F)cc1Nc1ncc([N+](=O)[O-])cc1C(=O)O. The number of carbonyl (C=O) groups is 1. The Morgan fingerprint density at radius 2 is 2.14 bits per heavy atom. The predicted molar refractivity (Wildman–Crippen MR) is 72.3 cm³/mol. The van der Waals surface area contributed by atoms with Crippen LogP contribution in [0.2, 0.25) is 0 Å². The minimum Gasteiger partial charge on any atom is -0.478 e. The van der Waals surface area contributed by atoms with Gasteiger partial charge in [0, 0.05) is 11.8 Å². The Balaban J connectivity index is 2.46. The van der Waals surface area contributed by atoms with E-state index in [1.165, 1.54) is 18.2 Å². The van der Waals surface area contributed by atoms with E-state index in [1.807, 2.05) is 0 Å². The molecule has 8 heteroatoms. The van der Waals surface area contributed by atoms with Crippen molar-refractivity contribution in [2.24, 2.45) is 0 Å². The van der Waals surface area contributed by atoms with E-state index in [1.54, 1.807) is 6.92 Å². The number of aromatic carboxylic acids is 1. The molecule has 2 rings (SSSR count). The van der Waals surface area contributed by atoms with E-state index in [0.29, 0.717) is 11.3 Å². The molecule has 1 heterocycles. The Morgan fingerprint density at radius 1 is 1.43 bits per heavy atom. The summed E-state index contributed by atoms with van der Waals surface area (Å²) in [5.74, 6) is -1.97. The smallest absolute Gasteiger partial charge is 0.339 e. The molecular formula is C13H10FN3O4. The fourth-order valence-electron chi connectivity index (χ4n) is 1.67. The van der Waals surface area contributed by atoms with E-state index >= 15 is 0 Å². The van der Waals surface area contributed by atoms with Crippen molar-refractivity contribution in [3.8, 4) is 0 Å². The van der Waals surface area contributed by atoms with E-state index in [9.17, 15) is 19.3 Å². The molecule has 0 aliphatic carbocycles. The van der Waals surface area contributed by atoms with Crippen LogP contribution in [0.25, 0.3) is 0 Å². The quantitative estimate of drug-likeness (QED) is 0.662. The van der Waals surface area contributed by atoms with E-state index in [2.05, 4.69) is 10.3 Å². The normalized spacial score (nSPS) is 10.2. The number of rotatable bonds is 4. The second-order valence-corrected chi connectivity index (χ2v) is 4.24. The predicted octanol–water partition coefficient (Wildman–Crippen LogP) is 2.88. The zero-order valence-electron chi connectivity index (χ0n) is 10.8. The molecule has 2 N–H and O–H groups in total. The Labute approximate surface area is 118 Å². The van der Waals surface area contributed by atoms with E-state index in [-0.39, 0.29) is 11.4 Å². The summed E-state index contributed by atoms with van der Waals surface area (Å²) in [6, 6.07) is 4.86. The molecule has 0 saturated heterocycles. The van der Waals surface area contributed by atoms with Crippen molar-refractivity contribution in [1.29, 1.82) is 0 Å². The lowest BCUT2D eigenvalue weighted by atomic mass is 10.2. The van der Waals surface area contributed by atoms with Gasteiger partial charge in [-0.25, -0.2) is 14.2 Å². The number of pyridine rings is 1. The molecule has 0 bridgehead atoms. The van der Waals surface area contributed by atoms with Crippen LogP contribution in [0.1, 0.15) is 15.9 Å². The molecule has 21 heavy (non-hydrogen) atoms. The van der Waals surface area contributed by atoms with Crippen LogP contribution >= 0.6 is 0 Å². The van der Waals surface area contributed by atoms with Crippen molar-refractivity contribution in [2.45, 2.75) is 6.92 Å². The van der Waals surface area contributed by atoms with Gasteiger partial charge in [0.2, 0.25) is 0 Å². The summed E-state index contributed by atoms with van der Waals surface area (Å²) in [4.78, 5) is 24.8. The summed E-state index contributed by atoms with van der Waals surface area (Å²) in [6.45, 7) is 1.70. The topological polar surface area (TPSA) is 105 Å². The highest BCUT2D eigenvalue weighted by Crippen LogP contribution is 2.25. The standard InChI is InChI=1S/C13H10FN3O4/c1-7-2-3-8(14)4-11(7)16-12-10(13(18)19)5-9(6-15-12)17(20)21/h2-6H,1H3,(H,15,16)(H,18,19). The Morgan fingerprint density at radius 3 is 2.76 bits per heavy atom. The van der Waals surface area contributed by atoms with Gasteiger partial charge in [-0.1, -0.05) is 6.07 Å². The van der Waals surface area contributed by atoms with Gasteiger partial charge in [0.15, 0.2) is 0 Å². The molecule has 2 aromatic rings. The monoisotopic (exact) mass is 291 g/mol. The molecule has 1 aromatic carbocycles. The molecular weight excluding hydrogens is 281 g/mol. The van der Waals surface area contributed by atoms with Crippen LogP contribution < -0.4 is 5.32 Å². The first-order valence-corrected chi connectivity index (χ1v) is 5.79. The van der Waals surface area contributed by atoms with Gasteiger partial charge in [-0.3, -0.25) is 10.1 Å². The van der Waals surface area contributed by atoms with Crippen molar-refractivity contribution in [3.05, 3.63) is 57.5 Å². The average Bonchev–Trinajstić information content (AvgIpc) is 2.42. The number of halogens is 1. The molecule has 0 aliphatic heterocycles. The first-order chi connectivity index (χ1) is 9.88. The number of nitrogens with zero attached hydrogens (tertiary/aromatic N) is 2. The van der Waals surface area contributed by atoms with Gasteiger partial charge in [-0.05, 0) is 24.6 Å². The second kappa shape index (κ2) is 5.53. The summed E-state index contributed by atoms with van der Waals surface area (Å²) in [5.41, 5.74) is 0.202. The average molecular weight is 291 g/mol. The molecule has 1 aromatic heterocycles. The number of carboxylic acid groups (broad SMARTS) is 1. The van der Waals surface area contributed by atoms with Crippen LogP contribution in [0.4, 0.5) is 21.6 Å². The number of nitrogens with one attached hydrogen (secondary N) is 1. The van der Waals surface area contributed by atoms with E-state index in [4.69, 9.17) is 5.11 Å². The Hall–Kier alpha value is -3.03. The lowest BCUT2D eigenvalue weighted by molar-refractivity contribution is -0.385. The molecule has 0 radical (unpaired) electrons. The Bertz CT molecular complexity index is 733. The summed E-state index contributed by atoms with van der Waals surface area (Å²) >= 11 is 0.